The van der Waals surface area contributed by atoms with Crippen LogP contribution in [0.5, 0.6) is 5.75 Å². The highest BCUT2D eigenvalue weighted by molar-refractivity contribution is 6.31. The number of nitrogens with one attached hydrogen (secondary N) is 1. The van der Waals surface area contributed by atoms with E-state index < -0.39 is 11.5 Å². The molecular weight excluding hydrogens is 365 g/mol. The highest BCUT2D eigenvalue weighted by Gasteiger charge is 2.20. The lowest BCUT2D eigenvalue weighted by Gasteiger charge is -2.12. The number of ether oxygens (including phenoxy) is 1. The van der Waals surface area contributed by atoms with Crippen molar-refractivity contribution in [3.8, 4) is 5.75 Å². The number of hydrogen-bond acceptors (Lipinski definition) is 4. The van der Waals surface area contributed by atoms with Crippen LogP contribution in [0.1, 0.15) is 15.9 Å². The summed E-state index contributed by atoms with van der Waals surface area (Å²) in [5, 5.41) is 4.13. The number of hydrogen-bond donors (Lipinski definition) is 1. The van der Waals surface area contributed by atoms with Gasteiger partial charge in [-0.1, -0.05) is 23.2 Å². The van der Waals surface area contributed by atoms with Gasteiger partial charge in [-0.3, -0.25) is 4.79 Å². The molecule has 0 atom stereocenters. The summed E-state index contributed by atoms with van der Waals surface area (Å²) in [7, 11) is 1.47. The molecule has 0 aliphatic heterocycles. The Morgan fingerprint density at radius 2 is 1.80 bits per heavy atom. The summed E-state index contributed by atoms with van der Waals surface area (Å²) in [5.41, 5.74) is 0.364. The molecule has 0 radical (unpaired) electrons. The quantitative estimate of drug-likeness (QED) is 0.673. The number of carbonyl (C=O) groups excluding carboxylic acids is 1. The van der Waals surface area contributed by atoms with E-state index in [-0.39, 0.29) is 5.56 Å². The summed E-state index contributed by atoms with van der Waals surface area (Å²) >= 11 is 12.0. The minimum Gasteiger partial charge on any atom is -0.495 e. The standard InChI is InChI=1S/C18H13Cl2NO4/c1-9-12-7-10(19)3-5-14(12)25-18(23)16(9)17(22)21-13-8-11(20)4-6-15(13)24-2/h3-8H,1-2H3,(H,21,22). The summed E-state index contributed by atoms with van der Waals surface area (Å²) in [5.74, 6) is -0.197. The maximum Gasteiger partial charge on any atom is 0.349 e. The third-order valence-electron chi connectivity index (χ3n) is 3.76. The van der Waals surface area contributed by atoms with Gasteiger partial charge in [0.25, 0.3) is 5.91 Å². The van der Waals surface area contributed by atoms with E-state index in [1.54, 1.807) is 37.3 Å². The molecule has 2 aromatic carbocycles. The fourth-order valence-electron chi connectivity index (χ4n) is 2.55. The van der Waals surface area contributed by atoms with Crippen LogP contribution in [-0.4, -0.2) is 13.0 Å². The van der Waals surface area contributed by atoms with E-state index >= 15 is 0 Å². The van der Waals surface area contributed by atoms with Crippen molar-refractivity contribution in [1.29, 1.82) is 0 Å². The Bertz CT molecular complexity index is 1040. The Labute approximate surface area is 153 Å². The van der Waals surface area contributed by atoms with Crippen LogP contribution in [0, 0.1) is 6.92 Å². The van der Waals surface area contributed by atoms with Gasteiger partial charge >= 0.3 is 5.63 Å². The van der Waals surface area contributed by atoms with Crippen molar-refractivity contribution in [3.05, 3.63) is 68.0 Å². The molecule has 5 nitrogen and oxygen atoms in total. The molecule has 25 heavy (non-hydrogen) atoms. The number of methoxy groups -OCH3 is 1. The molecule has 0 saturated carbocycles. The normalized spacial score (nSPS) is 10.7. The van der Waals surface area contributed by atoms with Crippen molar-refractivity contribution in [3.63, 3.8) is 0 Å². The Hall–Kier alpha value is -2.50. The van der Waals surface area contributed by atoms with Crippen LogP contribution < -0.4 is 15.7 Å². The Kier molecular flexibility index (Phi) is 4.70. The fraction of sp³-hybridized carbons (Fsp3) is 0.111. The van der Waals surface area contributed by atoms with E-state index in [0.29, 0.717) is 38.0 Å². The first kappa shape index (κ1) is 17.3. The number of anilines is 1. The van der Waals surface area contributed by atoms with Crippen LogP contribution in [0.3, 0.4) is 0 Å². The maximum absolute atomic E-state index is 12.7. The van der Waals surface area contributed by atoms with Crippen molar-refractivity contribution in [2.45, 2.75) is 6.92 Å². The highest BCUT2D eigenvalue weighted by Crippen LogP contribution is 2.29. The molecule has 3 rings (SSSR count). The predicted molar refractivity (Wildman–Crippen MR) is 98.2 cm³/mol. The number of amides is 1. The van der Waals surface area contributed by atoms with Crippen LogP contribution in [-0.2, 0) is 0 Å². The van der Waals surface area contributed by atoms with Crippen molar-refractivity contribution < 1.29 is 13.9 Å². The van der Waals surface area contributed by atoms with Gasteiger partial charge in [0.05, 0.1) is 12.8 Å². The average Bonchev–Trinajstić information content (AvgIpc) is 2.56. The molecule has 0 aliphatic rings. The number of benzene rings is 2. The maximum atomic E-state index is 12.7. The molecule has 7 heteroatoms. The molecule has 1 amide bonds. The number of carbonyl (C=O) groups is 1. The minimum atomic E-state index is -0.731. The van der Waals surface area contributed by atoms with Gasteiger partial charge in [0.2, 0.25) is 0 Å². The molecule has 0 spiro atoms. The van der Waals surface area contributed by atoms with Crippen molar-refractivity contribution >= 4 is 45.8 Å². The third kappa shape index (κ3) is 3.34. The Morgan fingerprint density at radius 3 is 2.52 bits per heavy atom. The molecular formula is C18H13Cl2NO4. The van der Waals surface area contributed by atoms with E-state index in [9.17, 15) is 9.59 Å². The number of fused-ring (bicyclic) bond motifs is 1. The number of aryl methyl sites for hydroxylation is 1. The fourth-order valence-corrected chi connectivity index (χ4v) is 2.89. The second-order valence-corrected chi connectivity index (χ2v) is 6.20. The van der Waals surface area contributed by atoms with Gasteiger partial charge in [-0.15, -0.1) is 0 Å². The summed E-state index contributed by atoms with van der Waals surface area (Å²) in [6, 6.07) is 9.64. The van der Waals surface area contributed by atoms with Crippen molar-refractivity contribution in [2.75, 3.05) is 12.4 Å². The lowest BCUT2D eigenvalue weighted by Crippen LogP contribution is -2.23. The molecule has 1 heterocycles. The first-order valence-corrected chi connectivity index (χ1v) is 8.04. The zero-order valence-electron chi connectivity index (χ0n) is 13.4. The zero-order valence-corrected chi connectivity index (χ0v) is 14.9. The van der Waals surface area contributed by atoms with Gasteiger partial charge in [0.1, 0.15) is 16.9 Å². The Morgan fingerprint density at radius 1 is 1.12 bits per heavy atom. The van der Waals surface area contributed by atoms with Gasteiger partial charge in [-0.2, -0.15) is 0 Å². The van der Waals surface area contributed by atoms with E-state index in [1.807, 2.05) is 0 Å². The van der Waals surface area contributed by atoms with Gasteiger partial charge in [0.15, 0.2) is 0 Å². The molecule has 0 aliphatic carbocycles. The second kappa shape index (κ2) is 6.78. The molecule has 128 valence electrons. The predicted octanol–water partition coefficient (Wildman–Crippen LogP) is 4.67. The molecule has 0 bridgehead atoms. The lowest BCUT2D eigenvalue weighted by molar-refractivity contribution is 0.102. The van der Waals surface area contributed by atoms with Crippen LogP contribution in [0.2, 0.25) is 10.0 Å². The van der Waals surface area contributed by atoms with Crippen LogP contribution in [0.4, 0.5) is 5.69 Å². The lowest BCUT2D eigenvalue weighted by atomic mass is 10.1. The minimum absolute atomic E-state index is 0.100. The average molecular weight is 378 g/mol. The van der Waals surface area contributed by atoms with Gasteiger partial charge in [0, 0.05) is 15.4 Å². The van der Waals surface area contributed by atoms with E-state index in [2.05, 4.69) is 5.32 Å². The molecule has 0 fully saturated rings. The topological polar surface area (TPSA) is 68.5 Å². The molecule has 0 unspecified atom stereocenters. The molecule has 0 saturated heterocycles. The second-order valence-electron chi connectivity index (χ2n) is 5.33. The third-order valence-corrected chi connectivity index (χ3v) is 4.23. The smallest absolute Gasteiger partial charge is 0.349 e. The molecule has 1 N–H and O–H groups in total. The molecule has 3 aromatic rings. The summed E-state index contributed by atoms with van der Waals surface area (Å²) in [6.07, 6.45) is 0. The molecule has 1 aromatic heterocycles. The highest BCUT2D eigenvalue weighted by atomic mass is 35.5. The monoisotopic (exact) mass is 377 g/mol. The first-order chi connectivity index (χ1) is 11.9. The van der Waals surface area contributed by atoms with Crippen molar-refractivity contribution in [1.82, 2.24) is 0 Å². The summed E-state index contributed by atoms with van der Waals surface area (Å²) in [4.78, 5) is 24.9. The number of halogens is 2. The van der Waals surface area contributed by atoms with E-state index in [0.717, 1.165) is 0 Å². The SMILES string of the molecule is COc1ccc(Cl)cc1NC(=O)c1c(C)c2cc(Cl)ccc2oc1=O. The Balaban J connectivity index is 2.09. The van der Waals surface area contributed by atoms with Crippen molar-refractivity contribution in [2.24, 2.45) is 0 Å². The summed E-state index contributed by atoms with van der Waals surface area (Å²) in [6.45, 7) is 1.67. The number of rotatable bonds is 3. The first-order valence-electron chi connectivity index (χ1n) is 7.28. The zero-order chi connectivity index (χ0) is 18.1. The van der Waals surface area contributed by atoms with E-state index in [1.165, 1.54) is 13.2 Å². The van der Waals surface area contributed by atoms with Crippen LogP contribution in [0.15, 0.2) is 45.6 Å². The van der Waals surface area contributed by atoms with E-state index in [4.69, 9.17) is 32.4 Å². The van der Waals surface area contributed by atoms with Gasteiger partial charge < -0.3 is 14.5 Å². The van der Waals surface area contributed by atoms with Crippen LogP contribution in [0.25, 0.3) is 11.0 Å². The van der Waals surface area contributed by atoms with Gasteiger partial charge in [-0.05, 0) is 48.9 Å². The largest absolute Gasteiger partial charge is 0.495 e. The summed E-state index contributed by atoms with van der Waals surface area (Å²) < 4.78 is 10.4. The van der Waals surface area contributed by atoms with Gasteiger partial charge in [-0.25, -0.2) is 4.79 Å². The van der Waals surface area contributed by atoms with Crippen LogP contribution >= 0.6 is 23.2 Å².